The standard InChI is InChI=1S/C14H18N2O2/c15-13(14(17)18)12-6-8-16(9-7-12)10-11-4-2-1-3-5-11/h1-6,13H,7-10,15H2,(H,17,18). The second kappa shape index (κ2) is 5.80. The summed E-state index contributed by atoms with van der Waals surface area (Å²) >= 11 is 0. The number of carboxylic acids is 1. The van der Waals surface area contributed by atoms with Crippen molar-refractivity contribution < 1.29 is 9.90 Å². The predicted octanol–water partition coefficient (Wildman–Crippen LogP) is 1.23. The van der Waals surface area contributed by atoms with E-state index in [1.54, 1.807) is 0 Å². The molecule has 1 aliphatic rings. The molecule has 0 spiro atoms. The van der Waals surface area contributed by atoms with Crippen LogP contribution in [0.15, 0.2) is 42.0 Å². The largest absolute Gasteiger partial charge is 0.480 e. The van der Waals surface area contributed by atoms with Crippen LogP contribution in [0, 0.1) is 0 Å². The Labute approximate surface area is 107 Å². The molecule has 1 atom stereocenters. The van der Waals surface area contributed by atoms with Gasteiger partial charge < -0.3 is 10.8 Å². The van der Waals surface area contributed by atoms with Gasteiger partial charge in [-0.05, 0) is 17.6 Å². The van der Waals surface area contributed by atoms with Gasteiger partial charge in [0.25, 0.3) is 0 Å². The molecule has 96 valence electrons. The van der Waals surface area contributed by atoms with E-state index >= 15 is 0 Å². The average molecular weight is 246 g/mol. The number of carboxylic acid groups (broad SMARTS) is 1. The van der Waals surface area contributed by atoms with Gasteiger partial charge >= 0.3 is 5.97 Å². The van der Waals surface area contributed by atoms with E-state index in [0.29, 0.717) is 0 Å². The van der Waals surface area contributed by atoms with Gasteiger partial charge in [0, 0.05) is 19.6 Å². The second-order valence-electron chi connectivity index (χ2n) is 4.57. The third kappa shape index (κ3) is 3.18. The monoisotopic (exact) mass is 246 g/mol. The number of rotatable bonds is 4. The molecule has 1 aromatic rings. The minimum absolute atomic E-state index is 0.736. The molecule has 0 amide bonds. The molecule has 2 rings (SSSR count). The van der Waals surface area contributed by atoms with Gasteiger partial charge in [0.15, 0.2) is 0 Å². The van der Waals surface area contributed by atoms with Crippen LogP contribution in [0.4, 0.5) is 0 Å². The van der Waals surface area contributed by atoms with Crippen molar-refractivity contribution in [3.05, 3.63) is 47.5 Å². The summed E-state index contributed by atoms with van der Waals surface area (Å²) in [6.45, 7) is 2.53. The maximum atomic E-state index is 10.8. The lowest BCUT2D eigenvalue weighted by Crippen LogP contribution is -2.37. The maximum absolute atomic E-state index is 10.8. The summed E-state index contributed by atoms with van der Waals surface area (Å²) in [4.78, 5) is 13.1. The molecular weight excluding hydrogens is 228 g/mol. The van der Waals surface area contributed by atoms with Crippen molar-refractivity contribution in [3.63, 3.8) is 0 Å². The van der Waals surface area contributed by atoms with Gasteiger partial charge in [0.1, 0.15) is 6.04 Å². The third-order valence-corrected chi connectivity index (χ3v) is 3.24. The molecule has 0 bridgehead atoms. The number of hydrogen-bond acceptors (Lipinski definition) is 3. The first kappa shape index (κ1) is 12.8. The van der Waals surface area contributed by atoms with Crippen LogP contribution >= 0.6 is 0 Å². The van der Waals surface area contributed by atoms with Crippen LogP contribution in [0.3, 0.4) is 0 Å². The Balaban J connectivity index is 1.92. The summed E-state index contributed by atoms with van der Waals surface area (Å²) < 4.78 is 0. The minimum atomic E-state index is -0.947. The Kier molecular flexibility index (Phi) is 4.12. The topological polar surface area (TPSA) is 66.6 Å². The molecule has 4 nitrogen and oxygen atoms in total. The average Bonchev–Trinajstić information content (AvgIpc) is 2.40. The van der Waals surface area contributed by atoms with Crippen molar-refractivity contribution in [3.8, 4) is 0 Å². The van der Waals surface area contributed by atoms with Crippen molar-refractivity contribution in [1.29, 1.82) is 0 Å². The van der Waals surface area contributed by atoms with E-state index in [1.165, 1.54) is 5.56 Å². The van der Waals surface area contributed by atoms with Crippen molar-refractivity contribution in [2.45, 2.75) is 19.0 Å². The number of benzene rings is 1. The van der Waals surface area contributed by atoms with Crippen LogP contribution in [-0.4, -0.2) is 35.1 Å². The fourth-order valence-electron chi connectivity index (χ4n) is 2.15. The van der Waals surface area contributed by atoms with Gasteiger partial charge in [-0.25, -0.2) is 0 Å². The van der Waals surface area contributed by atoms with Gasteiger partial charge in [0.2, 0.25) is 0 Å². The summed E-state index contributed by atoms with van der Waals surface area (Å²) in [6.07, 6.45) is 2.69. The van der Waals surface area contributed by atoms with Crippen molar-refractivity contribution in [2.75, 3.05) is 13.1 Å². The molecule has 0 radical (unpaired) electrons. The highest BCUT2D eigenvalue weighted by molar-refractivity contribution is 5.77. The zero-order valence-corrected chi connectivity index (χ0v) is 10.2. The van der Waals surface area contributed by atoms with E-state index < -0.39 is 12.0 Å². The summed E-state index contributed by atoms with van der Waals surface area (Å²) in [5.41, 5.74) is 7.72. The van der Waals surface area contributed by atoms with Crippen molar-refractivity contribution in [2.24, 2.45) is 5.73 Å². The smallest absolute Gasteiger partial charge is 0.324 e. The number of hydrogen-bond donors (Lipinski definition) is 2. The van der Waals surface area contributed by atoms with Gasteiger partial charge in [-0.3, -0.25) is 9.69 Å². The second-order valence-corrected chi connectivity index (χ2v) is 4.57. The first-order valence-electron chi connectivity index (χ1n) is 6.10. The molecular formula is C14H18N2O2. The highest BCUT2D eigenvalue weighted by atomic mass is 16.4. The van der Waals surface area contributed by atoms with E-state index in [-0.39, 0.29) is 0 Å². The zero-order valence-electron chi connectivity index (χ0n) is 10.2. The highest BCUT2D eigenvalue weighted by Crippen LogP contribution is 2.15. The van der Waals surface area contributed by atoms with Crippen LogP contribution in [0.25, 0.3) is 0 Å². The summed E-state index contributed by atoms with van der Waals surface area (Å²) in [5.74, 6) is -0.947. The van der Waals surface area contributed by atoms with Gasteiger partial charge in [0.05, 0.1) is 0 Å². The molecule has 4 heteroatoms. The summed E-state index contributed by atoms with van der Waals surface area (Å²) in [6, 6.07) is 9.42. The van der Waals surface area contributed by atoms with Crippen molar-refractivity contribution in [1.82, 2.24) is 4.90 Å². The van der Waals surface area contributed by atoms with Crippen LogP contribution in [0.5, 0.6) is 0 Å². The predicted molar refractivity (Wildman–Crippen MR) is 70.0 cm³/mol. The third-order valence-electron chi connectivity index (χ3n) is 3.24. The van der Waals surface area contributed by atoms with E-state index in [0.717, 1.165) is 31.6 Å². The zero-order chi connectivity index (χ0) is 13.0. The lowest BCUT2D eigenvalue weighted by Gasteiger charge is -2.27. The maximum Gasteiger partial charge on any atom is 0.324 e. The van der Waals surface area contributed by atoms with Crippen LogP contribution in [0.2, 0.25) is 0 Å². The molecule has 1 unspecified atom stereocenters. The fourth-order valence-corrected chi connectivity index (χ4v) is 2.15. The molecule has 1 aliphatic heterocycles. The molecule has 0 aliphatic carbocycles. The first-order chi connectivity index (χ1) is 8.66. The van der Waals surface area contributed by atoms with Crippen molar-refractivity contribution >= 4 is 5.97 Å². The molecule has 0 saturated heterocycles. The Hall–Kier alpha value is -1.65. The van der Waals surface area contributed by atoms with E-state index in [1.807, 2.05) is 24.3 Å². The quantitative estimate of drug-likeness (QED) is 0.784. The fraction of sp³-hybridized carbons (Fsp3) is 0.357. The summed E-state index contributed by atoms with van der Waals surface area (Å²) in [5, 5.41) is 8.86. The summed E-state index contributed by atoms with van der Waals surface area (Å²) in [7, 11) is 0. The van der Waals surface area contributed by atoms with Gasteiger partial charge in [-0.15, -0.1) is 0 Å². The SMILES string of the molecule is NC(C(=O)O)C1=CCN(Cc2ccccc2)CC1. The van der Waals surface area contributed by atoms with Crippen LogP contribution in [0.1, 0.15) is 12.0 Å². The minimum Gasteiger partial charge on any atom is -0.480 e. The normalized spacial score (nSPS) is 18.2. The Morgan fingerprint density at radius 1 is 1.39 bits per heavy atom. The van der Waals surface area contributed by atoms with Crippen LogP contribution in [-0.2, 0) is 11.3 Å². The van der Waals surface area contributed by atoms with E-state index in [4.69, 9.17) is 10.8 Å². The number of nitrogens with zero attached hydrogens (tertiary/aromatic N) is 1. The Morgan fingerprint density at radius 2 is 2.11 bits per heavy atom. The molecule has 1 aromatic carbocycles. The molecule has 1 heterocycles. The molecule has 0 aromatic heterocycles. The lowest BCUT2D eigenvalue weighted by atomic mass is 10.0. The Bertz CT molecular complexity index is 442. The number of carbonyl (C=O) groups is 1. The van der Waals surface area contributed by atoms with Gasteiger partial charge in [-0.2, -0.15) is 0 Å². The van der Waals surface area contributed by atoms with E-state index in [9.17, 15) is 4.79 Å². The number of aliphatic carboxylic acids is 1. The Morgan fingerprint density at radius 3 is 2.67 bits per heavy atom. The van der Waals surface area contributed by atoms with Crippen LogP contribution < -0.4 is 5.73 Å². The first-order valence-corrected chi connectivity index (χ1v) is 6.10. The molecule has 3 N–H and O–H groups in total. The van der Waals surface area contributed by atoms with E-state index in [2.05, 4.69) is 17.0 Å². The molecule has 18 heavy (non-hydrogen) atoms. The van der Waals surface area contributed by atoms with Gasteiger partial charge in [-0.1, -0.05) is 36.4 Å². The molecule has 0 saturated carbocycles. The number of nitrogens with two attached hydrogens (primary N) is 1. The lowest BCUT2D eigenvalue weighted by molar-refractivity contribution is -0.137. The highest BCUT2D eigenvalue weighted by Gasteiger charge is 2.21. The molecule has 0 fully saturated rings.